The summed E-state index contributed by atoms with van der Waals surface area (Å²) in [5, 5.41) is 12.4. The molecule has 0 aliphatic rings. The Labute approximate surface area is 166 Å². The number of aromatic nitrogens is 3. The average Bonchev–Trinajstić information content (AvgIpc) is 3.31. The second-order valence-electron chi connectivity index (χ2n) is 7.04. The summed E-state index contributed by atoms with van der Waals surface area (Å²) in [7, 11) is 0. The molecule has 4 aromatic rings. The van der Waals surface area contributed by atoms with Crippen molar-refractivity contribution < 1.29 is 14.0 Å². The Morgan fingerprint density at radius 3 is 2.52 bits per heavy atom. The molecule has 0 saturated heterocycles. The molecule has 0 aliphatic carbocycles. The van der Waals surface area contributed by atoms with Crippen LogP contribution in [0.4, 0.5) is 5.82 Å². The smallest absolute Gasteiger partial charge is 0.287 e. The number of aromatic amines is 1. The SMILES string of the molecule is CC(C)(NC(=O)c1cc2[nH]nc(NC(=O)c3ccccn3)c2o1)c1ccccc1. The van der Waals surface area contributed by atoms with E-state index >= 15 is 0 Å². The molecular weight excluding hydrogens is 370 g/mol. The number of H-pyrrole nitrogens is 1. The Kier molecular flexibility index (Phi) is 4.59. The quantitative estimate of drug-likeness (QED) is 0.484. The molecule has 2 amide bonds. The Hall–Kier alpha value is -3.94. The topological polar surface area (TPSA) is 113 Å². The predicted molar refractivity (Wildman–Crippen MR) is 107 cm³/mol. The van der Waals surface area contributed by atoms with Crippen molar-refractivity contribution >= 4 is 28.7 Å². The predicted octanol–water partition coefficient (Wildman–Crippen LogP) is 3.47. The number of nitrogens with zero attached hydrogens (tertiary/aromatic N) is 2. The van der Waals surface area contributed by atoms with Gasteiger partial charge in [-0.25, -0.2) is 0 Å². The van der Waals surface area contributed by atoms with Crippen LogP contribution in [-0.2, 0) is 5.54 Å². The first-order valence-electron chi connectivity index (χ1n) is 9.02. The molecule has 0 bridgehead atoms. The van der Waals surface area contributed by atoms with Gasteiger partial charge in [-0.1, -0.05) is 36.4 Å². The van der Waals surface area contributed by atoms with Crippen LogP contribution < -0.4 is 10.6 Å². The van der Waals surface area contributed by atoms with Gasteiger partial charge < -0.3 is 15.1 Å². The third kappa shape index (κ3) is 3.73. The number of amides is 2. The Bertz CT molecular complexity index is 1160. The van der Waals surface area contributed by atoms with E-state index in [1.165, 1.54) is 6.20 Å². The van der Waals surface area contributed by atoms with Gasteiger partial charge in [-0.2, -0.15) is 5.10 Å². The molecule has 3 heterocycles. The number of benzene rings is 1. The molecule has 146 valence electrons. The van der Waals surface area contributed by atoms with Gasteiger partial charge in [0.25, 0.3) is 11.8 Å². The third-order valence-corrected chi connectivity index (χ3v) is 4.51. The molecule has 0 fully saturated rings. The zero-order valence-electron chi connectivity index (χ0n) is 15.9. The summed E-state index contributed by atoms with van der Waals surface area (Å²) in [5.74, 6) is -0.486. The first-order chi connectivity index (χ1) is 13.9. The van der Waals surface area contributed by atoms with Crippen LogP contribution in [0.2, 0.25) is 0 Å². The molecule has 3 N–H and O–H groups in total. The number of carbonyl (C=O) groups is 2. The number of nitrogens with one attached hydrogen (secondary N) is 3. The van der Waals surface area contributed by atoms with Crippen LogP contribution in [0.5, 0.6) is 0 Å². The van der Waals surface area contributed by atoms with Crippen LogP contribution in [-0.4, -0.2) is 27.0 Å². The van der Waals surface area contributed by atoms with E-state index < -0.39 is 11.4 Å². The summed E-state index contributed by atoms with van der Waals surface area (Å²) in [5.41, 5.74) is 1.42. The number of furan rings is 1. The van der Waals surface area contributed by atoms with Crippen LogP contribution in [0.15, 0.2) is 65.2 Å². The summed E-state index contributed by atoms with van der Waals surface area (Å²) >= 11 is 0. The van der Waals surface area contributed by atoms with Gasteiger partial charge >= 0.3 is 0 Å². The molecular formula is C21H19N5O3. The maximum Gasteiger partial charge on any atom is 0.287 e. The summed E-state index contributed by atoms with van der Waals surface area (Å²) < 4.78 is 5.68. The highest BCUT2D eigenvalue weighted by molar-refractivity contribution is 6.06. The van der Waals surface area contributed by atoms with Gasteiger partial charge in [0.15, 0.2) is 17.2 Å². The molecule has 29 heavy (non-hydrogen) atoms. The minimum Gasteiger partial charge on any atom is -0.445 e. The van der Waals surface area contributed by atoms with Gasteiger partial charge in [0, 0.05) is 12.3 Å². The first kappa shape index (κ1) is 18.4. The van der Waals surface area contributed by atoms with Gasteiger partial charge in [-0.15, -0.1) is 0 Å². The monoisotopic (exact) mass is 389 g/mol. The van der Waals surface area contributed by atoms with E-state index in [2.05, 4.69) is 25.8 Å². The van der Waals surface area contributed by atoms with Crippen LogP contribution in [0.1, 0.15) is 40.5 Å². The van der Waals surface area contributed by atoms with Gasteiger partial charge in [0.1, 0.15) is 11.2 Å². The molecule has 4 rings (SSSR count). The molecule has 3 aromatic heterocycles. The summed E-state index contributed by atoms with van der Waals surface area (Å²) in [6.07, 6.45) is 1.53. The normalized spacial score (nSPS) is 11.4. The number of fused-ring (bicyclic) bond motifs is 1. The van der Waals surface area contributed by atoms with E-state index in [1.54, 1.807) is 24.3 Å². The van der Waals surface area contributed by atoms with Crippen LogP contribution in [0.3, 0.4) is 0 Å². The van der Waals surface area contributed by atoms with Crippen LogP contribution in [0, 0.1) is 0 Å². The lowest BCUT2D eigenvalue weighted by Gasteiger charge is -2.26. The van der Waals surface area contributed by atoms with E-state index in [0.29, 0.717) is 5.52 Å². The van der Waals surface area contributed by atoms with Crippen LogP contribution in [0.25, 0.3) is 11.1 Å². The fourth-order valence-electron chi connectivity index (χ4n) is 2.95. The largest absolute Gasteiger partial charge is 0.445 e. The summed E-state index contributed by atoms with van der Waals surface area (Å²) in [6, 6.07) is 16.2. The Morgan fingerprint density at radius 1 is 1.03 bits per heavy atom. The van der Waals surface area contributed by atoms with E-state index in [4.69, 9.17) is 4.42 Å². The zero-order chi connectivity index (χ0) is 20.4. The maximum absolute atomic E-state index is 12.7. The van der Waals surface area contributed by atoms with E-state index in [-0.39, 0.29) is 28.8 Å². The lowest BCUT2D eigenvalue weighted by molar-refractivity contribution is 0.0885. The second-order valence-corrected chi connectivity index (χ2v) is 7.04. The van der Waals surface area contributed by atoms with Gasteiger partial charge in [-0.3, -0.25) is 19.7 Å². The molecule has 0 spiro atoms. The zero-order valence-corrected chi connectivity index (χ0v) is 15.9. The second kappa shape index (κ2) is 7.23. The third-order valence-electron chi connectivity index (χ3n) is 4.51. The highest BCUT2D eigenvalue weighted by atomic mass is 16.3. The molecule has 0 radical (unpaired) electrons. The standard InChI is InChI=1S/C21H19N5O3/c1-21(2,13-8-4-3-5-9-13)24-20(28)16-12-15-17(29-16)18(26-25-15)23-19(27)14-10-6-7-11-22-14/h3-12H,1-2H3,(H,24,28)(H2,23,25,26,27). The minimum atomic E-state index is -0.590. The fraction of sp³-hybridized carbons (Fsp3) is 0.143. The number of carbonyl (C=O) groups excluding carboxylic acids is 2. The molecule has 0 unspecified atom stereocenters. The molecule has 0 atom stereocenters. The van der Waals surface area contributed by atoms with Gasteiger partial charge in [0.05, 0.1) is 5.54 Å². The van der Waals surface area contributed by atoms with Crippen molar-refractivity contribution in [1.82, 2.24) is 20.5 Å². The summed E-state index contributed by atoms with van der Waals surface area (Å²) in [6.45, 7) is 3.82. The highest BCUT2D eigenvalue weighted by Crippen LogP contribution is 2.26. The average molecular weight is 389 g/mol. The van der Waals surface area contributed by atoms with Crippen molar-refractivity contribution in [2.45, 2.75) is 19.4 Å². The van der Waals surface area contributed by atoms with Crippen LogP contribution >= 0.6 is 0 Å². The molecule has 8 heteroatoms. The number of anilines is 1. The van der Waals surface area contributed by atoms with Crippen molar-refractivity contribution in [2.75, 3.05) is 5.32 Å². The summed E-state index contributed by atoms with van der Waals surface area (Å²) in [4.78, 5) is 29.0. The molecule has 0 saturated carbocycles. The van der Waals surface area contributed by atoms with Gasteiger partial charge in [-0.05, 0) is 31.5 Å². The molecule has 8 nitrogen and oxygen atoms in total. The van der Waals surface area contributed by atoms with Crippen molar-refractivity contribution in [3.05, 3.63) is 77.8 Å². The Morgan fingerprint density at radius 2 is 1.79 bits per heavy atom. The maximum atomic E-state index is 12.7. The lowest BCUT2D eigenvalue weighted by Crippen LogP contribution is -2.40. The minimum absolute atomic E-state index is 0.117. The van der Waals surface area contributed by atoms with Crippen molar-refractivity contribution in [3.63, 3.8) is 0 Å². The van der Waals surface area contributed by atoms with Crippen molar-refractivity contribution in [1.29, 1.82) is 0 Å². The first-order valence-corrected chi connectivity index (χ1v) is 9.02. The fourth-order valence-corrected chi connectivity index (χ4v) is 2.95. The van der Waals surface area contributed by atoms with Crippen molar-refractivity contribution in [2.24, 2.45) is 0 Å². The van der Waals surface area contributed by atoms with Gasteiger partial charge in [0.2, 0.25) is 0 Å². The van der Waals surface area contributed by atoms with E-state index in [0.717, 1.165) is 5.56 Å². The lowest BCUT2D eigenvalue weighted by atomic mass is 9.94. The Balaban J connectivity index is 1.54. The molecule has 0 aliphatic heterocycles. The van der Waals surface area contributed by atoms with Crippen molar-refractivity contribution in [3.8, 4) is 0 Å². The van der Waals surface area contributed by atoms with E-state index in [1.807, 2.05) is 44.2 Å². The number of hydrogen-bond donors (Lipinski definition) is 3. The number of rotatable bonds is 5. The number of hydrogen-bond acceptors (Lipinski definition) is 5. The number of pyridine rings is 1. The van der Waals surface area contributed by atoms with E-state index in [9.17, 15) is 9.59 Å². The highest BCUT2D eigenvalue weighted by Gasteiger charge is 2.26. The molecule has 1 aromatic carbocycles.